The summed E-state index contributed by atoms with van der Waals surface area (Å²) in [6, 6.07) is 10.8. The summed E-state index contributed by atoms with van der Waals surface area (Å²) in [5.41, 5.74) is 0.709. The van der Waals surface area contributed by atoms with Crippen LogP contribution < -0.4 is 0 Å². The number of carbonyl (C=O) groups is 1. The van der Waals surface area contributed by atoms with E-state index in [2.05, 4.69) is 15.9 Å². The van der Waals surface area contributed by atoms with E-state index in [1.807, 2.05) is 0 Å². The molecule has 0 radical (unpaired) electrons. The average Bonchev–Trinajstić information content (AvgIpc) is 2.68. The topological polar surface area (TPSA) is 101 Å². The van der Waals surface area contributed by atoms with Crippen LogP contribution in [0.5, 0.6) is 0 Å². The molecular formula is C18H18BrN3O5S. The zero-order chi connectivity index (χ0) is 20.5. The zero-order valence-corrected chi connectivity index (χ0v) is 17.4. The number of nitrogens with zero attached hydrogens (tertiary/aromatic N) is 3. The fourth-order valence-electron chi connectivity index (χ4n) is 3.03. The van der Waals surface area contributed by atoms with E-state index in [1.54, 1.807) is 36.1 Å². The van der Waals surface area contributed by atoms with Gasteiger partial charge in [-0.3, -0.25) is 14.9 Å². The quantitative estimate of drug-likeness (QED) is 0.508. The third-order valence-electron chi connectivity index (χ3n) is 4.62. The number of benzene rings is 2. The van der Waals surface area contributed by atoms with Crippen LogP contribution in [0, 0.1) is 17.0 Å². The number of non-ortho nitro benzene ring substituents is 1. The molecule has 1 saturated heterocycles. The van der Waals surface area contributed by atoms with Crippen molar-refractivity contribution in [2.24, 2.45) is 0 Å². The molecule has 148 valence electrons. The maximum absolute atomic E-state index is 13.0. The minimum absolute atomic E-state index is 0.0746. The van der Waals surface area contributed by atoms with Crippen molar-refractivity contribution >= 4 is 37.5 Å². The van der Waals surface area contributed by atoms with Gasteiger partial charge in [0.2, 0.25) is 10.0 Å². The van der Waals surface area contributed by atoms with Crippen molar-refractivity contribution in [1.29, 1.82) is 0 Å². The second-order valence-corrected chi connectivity index (χ2v) is 9.23. The lowest BCUT2D eigenvalue weighted by molar-refractivity contribution is -0.385. The summed E-state index contributed by atoms with van der Waals surface area (Å²) in [7, 11) is -3.88. The van der Waals surface area contributed by atoms with Gasteiger partial charge in [-0.1, -0.05) is 22.0 Å². The standard InChI is InChI=1S/C18H18BrN3O5S/c1-13-2-7-16(22(24)25)12-17(13)28(26,27)21-10-8-20(9-11-21)18(23)14-3-5-15(19)6-4-14/h2-7,12H,8-11H2,1H3. The lowest BCUT2D eigenvalue weighted by atomic mass is 10.2. The van der Waals surface area contributed by atoms with E-state index in [4.69, 9.17) is 0 Å². The Kier molecular flexibility index (Phi) is 5.82. The first-order valence-electron chi connectivity index (χ1n) is 8.50. The largest absolute Gasteiger partial charge is 0.336 e. The second kappa shape index (κ2) is 7.98. The van der Waals surface area contributed by atoms with Crippen molar-refractivity contribution in [2.45, 2.75) is 11.8 Å². The van der Waals surface area contributed by atoms with Gasteiger partial charge < -0.3 is 4.90 Å². The second-order valence-electron chi connectivity index (χ2n) is 6.41. The smallest absolute Gasteiger partial charge is 0.270 e. The number of aryl methyl sites for hydroxylation is 1. The first-order chi connectivity index (χ1) is 13.2. The van der Waals surface area contributed by atoms with Crippen molar-refractivity contribution < 1.29 is 18.1 Å². The molecule has 0 spiro atoms. The summed E-state index contributed by atoms with van der Waals surface area (Å²) in [5, 5.41) is 11.0. The number of hydrogen-bond acceptors (Lipinski definition) is 5. The van der Waals surface area contributed by atoms with Gasteiger partial charge in [0, 0.05) is 48.3 Å². The first-order valence-corrected chi connectivity index (χ1v) is 10.7. The summed E-state index contributed by atoms with van der Waals surface area (Å²) in [6.07, 6.45) is 0. The van der Waals surface area contributed by atoms with E-state index in [-0.39, 0.29) is 42.7 Å². The van der Waals surface area contributed by atoms with Gasteiger partial charge in [0.25, 0.3) is 11.6 Å². The molecule has 2 aromatic carbocycles. The lowest BCUT2D eigenvalue weighted by Crippen LogP contribution is -2.50. The highest BCUT2D eigenvalue weighted by molar-refractivity contribution is 9.10. The van der Waals surface area contributed by atoms with Crippen LogP contribution in [0.4, 0.5) is 5.69 Å². The number of hydrogen-bond donors (Lipinski definition) is 0. The number of carbonyl (C=O) groups excluding carboxylic acids is 1. The molecular weight excluding hydrogens is 450 g/mol. The van der Waals surface area contributed by atoms with Crippen molar-refractivity contribution in [3.63, 3.8) is 0 Å². The third kappa shape index (κ3) is 4.08. The first kappa shape index (κ1) is 20.4. The van der Waals surface area contributed by atoms with Crippen molar-refractivity contribution in [1.82, 2.24) is 9.21 Å². The monoisotopic (exact) mass is 467 g/mol. The third-order valence-corrected chi connectivity index (χ3v) is 7.19. The van der Waals surface area contributed by atoms with Crippen molar-refractivity contribution in [3.8, 4) is 0 Å². The Hall–Kier alpha value is -2.30. The number of nitro benzene ring substituents is 1. The summed E-state index contributed by atoms with van der Waals surface area (Å²) in [5.74, 6) is -0.156. The number of amides is 1. The van der Waals surface area contributed by atoms with Crippen LogP contribution in [0.15, 0.2) is 51.8 Å². The lowest BCUT2D eigenvalue weighted by Gasteiger charge is -2.34. The highest BCUT2D eigenvalue weighted by atomic mass is 79.9. The van der Waals surface area contributed by atoms with Crippen molar-refractivity contribution in [2.75, 3.05) is 26.2 Å². The van der Waals surface area contributed by atoms with Gasteiger partial charge in [0.1, 0.15) is 0 Å². The molecule has 1 aliphatic rings. The molecule has 10 heteroatoms. The molecule has 0 bridgehead atoms. The Morgan fingerprint density at radius 1 is 1.07 bits per heavy atom. The van der Waals surface area contributed by atoms with E-state index in [1.165, 1.54) is 16.4 Å². The fourth-order valence-corrected chi connectivity index (χ4v) is 4.96. The normalized spacial score (nSPS) is 15.4. The minimum Gasteiger partial charge on any atom is -0.336 e. The predicted molar refractivity (Wildman–Crippen MR) is 107 cm³/mol. The Morgan fingerprint density at radius 2 is 1.68 bits per heavy atom. The van der Waals surface area contributed by atoms with Gasteiger partial charge in [-0.2, -0.15) is 4.31 Å². The van der Waals surface area contributed by atoms with Crippen molar-refractivity contribution in [3.05, 3.63) is 68.2 Å². The van der Waals surface area contributed by atoms with E-state index in [9.17, 15) is 23.3 Å². The van der Waals surface area contributed by atoms with E-state index < -0.39 is 14.9 Å². The molecule has 8 nitrogen and oxygen atoms in total. The Bertz CT molecular complexity index is 1020. The van der Waals surface area contributed by atoms with E-state index in [0.29, 0.717) is 11.1 Å². The van der Waals surface area contributed by atoms with Crippen LogP contribution in [-0.4, -0.2) is 54.6 Å². The predicted octanol–water partition coefficient (Wildman–Crippen LogP) is 2.81. The Balaban J connectivity index is 1.75. The molecule has 0 saturated carbocycles. The molecule has 0 atom stereocenters. The van der Waals surface area contributed by atoms with Crippen LogP contribution in [0.2, 0.25) is 0 Å². The van der Waals surface area contributed by atoms with Gasteiger partial charge in [0.15, 0.2) is 0 Å². The van der Waals surface area contributed by atoms with Crippen LogP contribution in [0.25, 0.3) is 0 Å². The molecule has 0 unspecified atom stereocenters. The Morgan fingerprint density at radius 3 is 2.25 bits per heavy atom. The summed E-state index contributed by atoms with van der Waals surface area (Å²) in [6.45, 7) is 2.37. The number of piperazine rings is 1. The number of nitro groups is 1. The number of sulfonamides is 1. The van der Waals surface area contributed by atoms with Gasteiger partial charge >= 0.3 is 0 Å². The molecule has 1 heterocycles. The van der Waals surface area contributed by atoms with E-state index >= 15 is 0 Å². The van der Waals surface area contributed by atoms with Crippen LogP contribution in [0.1, 0.15) is 15.9 Å². The van der Waals surface area contributed by atoms with E-state index in [0.717, 1.165) is 10.5 Å². The molecule has 1 amide bonds. The maximum atomic E-state index is 13.0. The number of rotatable bonds is 4. The summed E-state index contributed by atoms with van der Waals surface area (Å²) < 4.78 is 28.1. The average molecular weight is 468 g/mol. The summed E-state index contributed by atoms with van der Waals surface area (Å²) in [4.78, 5) is 24.5. The molecule has 1 fully saturated rings. The zero-order valence-electron chi connectivity index (χ0n) is 15.0. The Labute approximate surface area is 171 Å². The van der Waals surface area contributed by atoms with Crippen LogP contribution in [0.3, 0.4) is 0 Å². The summed E-state index contributed by atoms with van der Waals surface area (Å²) >= 11 is 3.32. The molecule has 0 N–H and O–H groups in total. The van der Waals surface area contributed by atoms with Crippen LogP contribution >= 0.6 is 15.9 Å². The molecule has 28 heavy (non-hydrogen) atoms. The fraction of sp³-hybridized carbons (Fsp3) is 0.278. The van der Waals surface area contributed by atoms with Gasteiger partial charge in [0.05, 0.1) is 9.82 Å². The minimum atomic E-state index is -3.88. The van der Waals surface area contributed by atoms with Crippen LogP contribution in [-0.2, 0) is 10.0 Å². The maximum Gasteiger partial charge on any atom is 0.270 e. The molecule has 2 aromatic rings. The molecule has 1 aliphatic heterocycles. The molecule has 0 aromatic heterocycles. The van der Waals surface area contributed by atoms with Gasteiger partial charge in [-0.05, 0) is 36.8 Å². The number of halogens is 1. The molecule has 3 rings (SSSR count). The SMILES string of the molecule is Cc1ccc([N+](=O)[O-])cc1S(=O)(=O)N1CCN(C(=O)c2ccc(Br)cc2)CC1. The highest BCUT2D eigenvalue weighted by Crippen LogP contribution is 2.26. The van der Waals surface area contributed by atoms with Gasteiger partial charge in [-0.25, -0.2) is 8.42 Å². The molecule has 0 aliphatic carbocycles. The van der Waals surface area contributed by atoms with Gasteiger partial charge in [-0.15, -0.1) is 0 Å². The highest BCUT2D eigenvalue weighted by Gasteiger charge is 2.32.